The molecule has 0 radical (unpaired) electrons. The Kier molecular flexibility index (Phi) is 5.41. The topological polar surface area (TPSA) is 121 Å². The minimum absolute atomic E-state index is 0.140. The lowest BCUT2D eigenvalue weighted by molar-refractivity contribution is -0.122. The first-order chi connectivity index (χ1) is 15.5. The van der Waals surface area contributed by atoms with Crippen molar-refractivity contribution in [1.29, 1.82) is 0 Å². The molecule has 3 heterocycles. The van der Waals surface area contributed by atoms with Crippen molar-refractivity contribution in [3.05, 3.63) is 69.2 Å². The molecule has 1 aliphatic rings. The summed E-state index contributed by atoms with van der Waals surface area (Å²) in [5.74, 6) is -0.213. The summed E-state index contributed by atoms with van der Waals surface area (Å²) in [4.78, 5) is 24.8. The molecule has 10 heteroatoms. The van der Waals surface area contributed by atoms with E-state index in [4.69, 9.17) is 20.4 Å². The molecular weight excluding hydrogens is 434 g/mol. The van der Waals surface area contributed by atoms with Crippen LogP contribution in [0.5, 0.6) is 0 Å². The molecule has 0 saturated carbocycles. The van der Waals surface area contributed by atoms with E-state index in [2.05, 4.69) is 27.2 Å². The summed E-state index contributed by atoms with van der Waals surface area (Å²) in [6, 6.07) is 11.2. The number of hydrogen-bond donors (Lipinski definition) is 5. The third kappa shape index (κ3) is 3.88. The van der Waals surface area contributed by atoms with Crippen LogP contribution in [-0.2, 0) is 11.2 Å². The molecule has 32 heavy (non-hydrogen) atoms. The highest BCUT2D eigenvalue weighted by Gasteiger charge is 2.18. The largest absolute Gasteiger partial charge is 0.464 e. The van der Waals surface area contributed by atoms with Crippen molar-refractivity contribution < 1.29 is 13.6 Å². The summed E-state index contributed by atoms with van der Waals surface area (Å²) in [7, 11) is 0. The molecule has 2 aromatic heterocycles. The van der Waals surface area contributed by atoms with Gasteiger partial charge in [0.2, 0.25) is 5.91 Å². The Morgan fingerprint density at radius 2 is 1.84 bits per heavy atom. The fraction of sp³-hybridized carbons (Fsp3) is 0.182. The van der Waals surface area contributed by atoms with Crippen LogP contribution in [0.2, 0.25) is 5.02 Å². The van der Waals surface area contributed by atoms with E-state index < -0.39 is 11.9 Å². The number of carbonyl (C=O) groups is 1. The average Bonchev–Trinajstić information content (AvgIpc) is 3.42. The average molecular weight is 454 g/mol. The molecule has 0 unspecified atom stereocenters. The maximum Gasteiger partial charge on any atom is 0.339 e. The fourth-order valence-corrected chi connectivity index (χ4v) is 3.97. The Bertz CT molecular complexity index is 1370. The quantitative estimate of drug-likeness (QED) is 0.292. The maximum absolute atomic E-state index is 12.6. The summed E-state index contributed by atoms with van der Waals surface area (Å²) < 4.78 is 11.3. The SMILES string of the molecule is Cc1c(CCC(=O)NC2NNNN2)c(=O)oc2cc3occ(-c4ccc(Cl)cc4)c3cc12. The molecule has 5 rings (SSSR count). The predicted molar refractivity (Wildman–Crippen MR) is 120 cm³/mol. The number of furan rings is 1. The van der Waals surface area contributed by atoms with Crippen LogP contribution >= 0.6 is 11.6 Å². The zero-order chi connectivity index (χ0) is 22.2. The number of benzene rings is 2. The first kappa shape index (κ1) is 20.7. The van der Waals surface area contributed by atoms with Crippen LogP contribution in [0, 0.1) is 6.92 Å². The summed E-state index contributed by atoms with van der Waals surface area (Å²) in [5, 5.41) is 5.10. The van der Waals surface area contributed by atoms with Gasteiger partial charge in [0.1, 0.15) is 11.2 Å². The molecule has 0 spiro atoms. The lowest BCUT2D eigenvalue weighted by Gasteiger charge is -2.12. The predicted octanol–water partition coefficient (Wildman–Crippen LogP) is 2.62. The third-order valence-electron chi connectivity index (χ3n) is 5.54. The molecule has 0 atom stereocenters. The Hall–Kier alpha value is -3.21. The molecule has 0 aliphatic carbocycles. The number of halogens is 1. The van der Waals surface area contributed by atoms with Gasteiger partial charge < -0.3 is 14.2 Å². The molecule has 9 nitrogen and oxygen atoms in total. The number of hydrogen-bond acceptors (Lipinski definition) is 8. The highest BCUT2D eigenvalue weighted by molar-refractivity contribution is 6.30. The molecule has 164 valence electrons. The molecule has 1 aliphatic heterocycles. The van der Waals surface area contributed by atoms with Crippen LogP contribution in [0.15, 0.2) is 56.3 Å². The number of rotatable bonds is 5. The minimum Gasteiger partial charge on any atom is -0.464 e. The van der Waals surface area contributed by atoms with Gasteiger partial charge in [0, 0.05) is 39.4 Å². The summed E-state index contributed by atoms with van der Waals surface area (Å²) in [5.41, 5.74) is 14.5. The standard InChI is InChI=1S/C22H20ClN5O4/c1-11-14(6-7-20(29)24-22-25-27-28-26-22)21(30)32-19-9-18-16(8-15(11)19)17(10-31-18)12-2-4-13(23)5-3-12/h2-5,8-10,22,25-28H,6-7H2,1H3,(H,24,29). The van der Waals surface area contributed by atoms with Crippen molar-refractivity contribution in [2.24, 2.45) is 0 Å². The normalized spacial score (nSPS) is 14.4. The number of hydrazine groups is 3. The Morgan fingerprint density at radius 3 is 2.59 bits per heavy atom. The van der Waals surface area contributed by atoms with Crippen LogP contribution in [0.1, 0.15) is 17.5 Å². The van der Waals surface area contributed by atoms with Crippen LogP contribution in [0.25, 0.3) is 33.1 Å². The van der Waals surface area contributed by atoms with E-state index in [1.54, 1.807) is 12.3 Å². The smallest absolute Gasteiger partial charge is 0.339 e. The number of aryl methyl sites for hydroxylation is 1. The van der Waals surface area contributed by atoms with Crippen molar-refractivity contribution in [2.75, 3.05) is 0 Å². The van der Waals surface area contributed by atoms with E-state index >= 15 is 0 Å². The summed E-state index contributed by atoms with van der Waals surface area (Å²) >= 11 is 6.01. The fourth-order valence-electron chi connectivity index (χ4n) is 3.85. The highest BCUT2D eigenvalue weighted by Crippen LogP contribution is 2.35. The van der Waals surface area contributed by atoms with E-state index in [0.717, 1.165) is 27.5 Å². The second kappa shape index (κ2) is 8.38. The van der Waals surface area contributed by atoms with Crippen LogP contribution in [-0.4, -0.2) is 12.2 Å². The van der Waals surface area contributed by atoms with Crippen LogP contribution < -0.4 is 32.9 Å². The van der Waals surface area contributed by atoms with Gasteiger partial charge in [-0.25, -0.2) is 15.6 Å². The monoisotopic (exact) mass is 453 g/mol. The lowest BCUT2D eigenvalue weighted by Crippen LogP contribution is -2.49. The highest BCUT2D eigenvalue weighted by atomic mass is 35.5. The van der Waals surface area contributed by atoms with Crippen molar-refractivity contribution in [3.63, 3.8) is 0 Å². The first-order valence-corrected chi connectivity index (χ1v) is 10.4. The molecule has 2 aromatic carbocycles. The van der Waals surface area contributed by atoms with Crippen molar-refractivity contribution >= 4 is 39.4 Å². The molecule has 0 bridgehead atoms. The maximum atomic E-state index is 12.6. The molecule has 1 amide bonds. The number of carbonyl (C=O) groups excluding carboxylic acids is 1. The Balaban J connectivity index is 1.48. The van der Waals surface area contributed by atoms with Crippen LogP contribution in [0.4, 0.5) is 0 Å². The van der Waals surface area contributed by atoms with Gasteiger partial charge in [-0.2, -0.15) is 11.1 Å². The van der Waals surface area contributed by atoms with Gasteiger partial charge in [-0.05, 0) is 42.7 Å². The molecule has 1 fully saturated rings. The van der Waals surface area contributed by atoms with Gasteiger partial charge in [0.15, 0.2) is 6.29 Å². The van der Waals surface area contributed by atoms with Crippen molar-refractivity contribution in [2.45, 2.75) is 26.1 Å². The Labute approximate surface area is 187 Å². The van der Waals surface area contributed by atoms with Crippen molar-refractivity contribution in [3.8, 4) is 11.1 Å². The van der Waals surface area contributed by atoms with Gasteiger partial charge in [0.25, 0.3) is 0 Å². The number of fused-ring (bicyclic) bond motifs is 2. The van der Waals surface area contributed by atoms with E-state index in [-0.39, 0.29) is 18.7 Å². The zero-order valence-corrected chi connectivity index (χ0v) is 17.8. The molecule has 4 aromatic rings. The number of nitrogens with one attached hydrogen (secondary N) is 5. The number of amides is 1. The van der Waals surface area contributed by atoms with Gasteiger partial charge in [-0.1, -0.05) is 23.7 Å². The molecule has 5 N–H and O–H groups in total. The zero-order valence-electron chi connectivity index (χ0n) is 17.0. The van der Waals surface area contributed by atoms with Gasteiger partial charge in [-0.15, -0.1) is 0 Å². The van der Waals surface area contributed by atoms with E-state index in [0.29, 0.717) is 21.8 Å². The summed E-state index contributed by atoms with van der Waals surface area (Å²) in [6.45, 7) is 1.87. The Morgan fingerprint density at radius 1 is 1.09 bits per heavy atom. The molecular formula is C22H20ClN5O4. The molecule has 1 saturated heterocycles. The summed E-state index contributed by atoms with van der Waals surface area (Å²) in [6.07, 6.45) is 1.63. The van der Waals surface area contributed by atoms with Gasteiger partial charge >= 0.3 is 5.63 Å². The second-order valence-corrected chi connectivity index (χ2v) is 7.97. The van der Waals surface area contributed by atoms with Crippen molar-refractivity contribution in [1.82, 2.24) is 27.2 Å². The van der Waals surface area contributed by atoms with Gasteiger partial charge in [0.05, 0.1) is 6.26 Å². The minimum atomic E-state index is -0.452. The van der Waals surface area contributed by atoms with E-state index in [1.165, 1.54) is 0 Å². The lowest BCUT2D eigenvalue weighted by atomic mass is 9.99. The van der Waals surface area contributed by atoms with Crippen LogP contribution in [0.3, 0.4) is 0 Å². The van der Waals surface area contributed by atoms with E-state index in [9.17, 15) is 9.59 Å². The second-order valence-electron chi connectivity index (χ2n) is 7.53. The third-order valence-corrected chi connectivity index (χ3v) is 5.79. The van der Waals surface area contributed by atoms with E-state index in [1.807, 2.05) is 37.3 Å². The first-order valence-electron chi connectivity index (χ1n) is 10.0. The van der Waals surface area contributed by atoms with Gasteiger partial charge in [-0.3, -0.25) is 4.79 Å².